The minimum atomic E-state index is -0.850. The van der Waals surface area contributed by atoms with E-state index < -0.39 is 16.6 Å². The lowest BCUT2D eigenvalue weighted by Crippen LogP contribution is -2.22. The van der Waals surface area contributed by atoms with Crippen molar-refractivity contribution < 1.29 is 14.1 Å². The summed E-state index contributed by atoms with van der Waals surface area (Å²) in [6.45, 7) is -0.0412. The number of carbonyl (C=O) groups excluding carboxylic acids is 1. The number of non-ortho nitro benzene ring substituents is 1. The van der Waals surface area contributed by atoms with Gasteiger partial charge in [0.2, 0.25) is 5.91 Å². The first kappa shape index (κ1) is 14.4. The molecule has 2 rings (SSSR count). The Morgan fingerprint density at radius 1 is 1.19 bits per heavy atom. The van der Waals surface area contributed by atoms with Crippen molar-refractivity contribution in [3.63, 3.8) is 0 Å². The fourth-order valence-corrected chi connectivity index (χ4v) is 1.65. The number of halogens is 1. The van der Waals surface area contributed by atoms with Crippen molar-refractivity contribution in [2.24, 2.45) is 0 Å². The number of benzene rings is 2. The molecule has 0 radical (unpaired) electrons. The van der Waals surface area contributed by atoms with Crippen LogP contribution in [0.15, 0.2) is 48.5 Å². The molecule has 2 N–H and O–H groups in total. The highest BCUT2D eigenvalue weighted by atomic mass is 19.1. The molecule has 0 atom stereocenters. The zero-order chi connectivity index (χ0) is 15.2. The van der Waals surface area contributed by atoms with Gasteiger partial charge in [0.15, 0.2) is 5.82 Å². The standard InChI is InChI=1S/C14H12FN3O3/c15-12-8-11(18(20)21)6-7-13(12)17-14(19)9-16-10-4-2-1-3-5-10/h1-8,16H,9H2,(H,17,19). The van der Waals surface area contributed by atoms with Crippen LogP contribution in [0.1, 0.15) is 0 Å². The van der Waals surface area contributed by atoms with Crippen molar-refractivity contribution in [1.29, 1.82) is 0 Å². The van der Waals surface area contributed by atoms with E-state index in [4.69, 9.17) is 0 Å². The molecule has 0 fully saturated rings. The van der Waals surface area contributed by atoms with E-state index in [-0.39, 0.29) is 17.9 Å². The number of nitro groups is 1. The van der Waals surface area contributed by atoms with Gasteiger partial charge in [-0.25, -0.2) is 4.39 Å². The second-order valence-corrected chi connectivity index (χ2v) is 4.19. The smallest absolute Gasteiger partial charge is 0.272 e. The molecule has 0 saturated carbocycles. The summed E-state index contributed by atoms with van der Waals surface area (Å²) in [5.41, 5.74) is 0.296. The van der Waals surface area contributed by atoms with Gasteiger partial charge in [-0.3, -0.25) is 14.9 Å². The Balaban J connectivity index is 1.95. The van der Waals surface area contributed by atoms with Crippen molar-refractivity contribution >= 4 is 23.0 Å². The molecule has 108 valence electrons. The van der Waals surface area contributed by atoms with Crippen molar-refractivity contribution in [3.8, 4) is 0 Å². The number of para-hydroxylation sites is 1. The predicted molar refractivity (Wildman–Crippen MR) is 76.6 cm³/mol. The zero-order valence-corrected chi connectivity index (χ0v) is 10.9. The summed E-state index contributed by atoms with van der Waals surface area (Å²) in [6.07, 6.45) is 0. The first-order valence-electron chi connectivity index (χ1n) is 6.09. The topological polar surface area (TPSA) is 84.3 Å². The van der Waals surface area contributed by atoms with Crippen LogP contribution in [0, 0.1) is 15.9 Å². The lowest BCUT2D eigenvalue weighted by atomic mass is 10.2. The lowest BCUT2D eigenvalue weighted by Gasteiger charge is -2.08. The third-order valence-corrected chi connectivity index (χ3v) is 2.66. The minimum Gasteiger partial charge on any atom is -0.376 e. The van der Waals surface area contributed by atoms with Gasteiger partial charge in [-0.2, -0.15) is 0 Å². The molecule has 0 aliphatic carbocycles. The fraction of sp³-hybridized carbons (Fsp3) is 0.0714. The number of nitro benzene ring substituents is 1. The average Bonchev–Trinajstić information content (AvgIpc) is 2.48. The van der Waals surface area contributed by atoms with Crippen LogP contribution in [-0.2, 0) is 4.79 Å². The van der Waals surface area contributed by atoms with Gasteiger partial charge in [0.1, 0.15) is 0 Å². The number of hydrogen-bond donors (Lipinski definition) is 2. The van der Waals surface area contributed by atoms with Crippen LogP contribution in [0.2, 0.25) is 0 Å². The first-order chi connectivity index (χ1) is 10.1. The van der Waals surface area contributed by atoms with Crippen molar-refractivity contribution in [2.75, 3.05) is 17.2 Å². The highest BCUT2D eigenvalue weighted by molar-refractivity contribution is 5.93. The average molecular weight is 289 g/mol. The molecule has 0 spiro atoms. The van der Waals surface area contributed by atoms with Crippen LogP contribution in [0.25, 0.3) is 0 Å². The van der Waals surface area contributed by atoms with Gasteiger partial charge in [0, 0.05) is 11.8 Å². The molecule has 6 nitrogen and oxygen atoms in total. The summed E-state index contributed by atoms with van der Waals surface area (Å²) < 4.78 is 13.6. The minimum absolute atomic E-state index is 0.0412. The number of rotatable bonds is 5. The van der Waals surface area contributed by atoms with Gasteiger partial charge in [-0.1, -0.05) is 18.2 Å². The van der Waals surface area contributed by atoms with E-state index in [0.29, 0.717) is 0 Å². The van der Waals surface area contributed by atoms with Gasteiger partial charge in [-0.05, 0) is 18.2 Å². The van der Waals surface area contributed by atoms with Gasteiger partial charge < -0.3 is 10.6 Å². The van der Waals surface area contributed by atoms with Gasteiger partial charge in [0.25, 0.3) is 5.69 Å². The summed E-state index contributed by atoms with van der Waals surface area (Å²) in [4.78, 5) is 21.5. The van der Waals surface area contributed by atoms with E-state index in [2.05, 4.69) is 10.6 Å². The Kier molecular flexibility index (Phi) is 4.45. The van der Waals surface area contributed by atoms with Crippen LogP contribution in [0.3, 0.4) is 0 Å². The molecule has 0 saturated heterocycles. The molecule has 0 unspecified atom stereocenters. The Morgan fingerprint density at radius 2 is 1.90 bits per heavy atom. The maximum absolute atomic E-state index is 13.6. The maximum atomic E-state index is 13.6. The Hall–Kier alpha value is -2.96. The summed E-state index contributed by atoms with van der Waals surface area (Å²) in [7, 11) is 0. The molecule has 21 heavy (non-hydrogen) atoms. The van der Waals surface area contributed by atoms with E-state index >= 15 is 0 Å². The van der Waals surface area contributed by atoms with E-state index in [0.717, 1.165) is 23.9 Å². The molecular formula is C14H12FN3O3. The van der Waals surface area contributed by atoms with E-state index in [1.165, 1.54) is 0 Å². The molecule has 0 heterocycles. The molecule has 0 aromatic heterocycles. The van der Waals surface area contributed by atoms with Gasteiger partial charge >= 0.3 is 0 Å². The highest BCUT2D eigenvalue weighted by Gasteiger charge is 2.12. The Morgan fingerprint density at radius 3 is 2.52 bits per heavy atom. The monoisotopic (exact) mass is 289 g/mol. The van der Waals surface area contributed by atoms with Crippen molar-refractivity contribution in [1.82, 2.24) is 0 Å². The molecule has 2 aromatic carbocycles. The highest BCUT2D eigenvalue weighted by Crippen LogP contribution is 2.20. The van der Waals surface area contributed by atoms with Crippen LogP contribution in [0.5, 0.6) is 0 Å². The maximum Gasteiger partial charge on any atom is 0.272 e. The van der Waals surface area contributed by atoms with Crippen LogP contribution in [0.4, 0.5) is 21.5 Å². The molecule has 1 amide bonds. The third kappa shape index (κ3) is 4.00. The second-order valence-electron chi connectivity index (χ2n) is 4.19. The van der Waals surface area contributed by atoms with Crippen molar-refractivity contribution in [2.45, 2.75) is 0 Å². The summed E-state index contributed by atoms with van der Waals surface area (Å²) >= 11 is 0. The molecule has 0 aliphatic heterocycles. The largest absolute Gasteiger partial charge is 0.376 e. The second kappa shape index (κ2) is 6.47. The van der Waals surface area contributed by atoms with E-state index in [1.807, 2.05) is 18.2 Å². The van der Waals surface area contributed by atoms with Crippen LogP contribution < -0.4 is 10.6 Å². The fourth-order valence-electron chi connectivity index (χ4n) is 1.65. The Labute approximate surface area is 119 Å². The van der Waals surface area contributed by atoms with Crippen LogP contribution >= 0.6 is 0 Å². The number of carbonyl (C=O) groups is 1. The van der Waals surface area contributed by atoms with Gasteiger partial charge in [0.05, 0.1) is 23.2 Å². The predicted octanol–water partition coefficient (Wildman–Crippen LogP) is 2.78. The quantitative estimate of drug-likeness (QED) is 0.654. The molecule has 7 heteroatoms. The molecule has 0 aliphatic rings. The normalized spacial score (nSPS) is 9.95. The number of nitrogens with one attached hydrogen (secondary N) is 2. The number of anilines is 2. The Bertz CT molecular complexity index is 662. The van der Waals surface area contributed by atoms with E-state index in [9.17, 15) is 19.3 Å². The number of amides is 1. The summed E-state index contributed by atoms with van der Waals surface area (Å²) in [5.74, 6) is -1.30. The van der Waals surface area contributed by atoms with Gasteiger partial charge in [-0.15, -0.1) is 0 Å². The van der Waals surface area contributed by atoms with Crippen molar-refractivity contribution in [3.05, 3.63) is 64.5 Å². The van der Waals surface area contributed by atoms with E-state index in [1.54, 1.807) is 12.1 Å². The summed E-state index contributed by atoms with van der Waals surface area (Å²) in [5, 5.41) is 15.7. The SMILES string of the molecule is O=C(CNc1ccccc1)Nc1ccc([N+](=O)[O-])cc1F. The third-order valence-electron chi connectivity index (χ3n) is 2.66. The summed E-state index contributed by atoms with van der Waals surface area (Å²) in [6, 6.07) is 12.1. The zero-order valence-electron chi connectivity index (χ0n) is 10.9. The first-order valence-corrected chi connectivity index (χ1v) is 6.09. The van der Waals surface area contributed by atoms with Crippen LogP contribution in [-0.4, -0.2) is 17.4 Å². The lowest BCUT2D eigenvalue weighted by molar-refractivity contribution is -0.385. The molecule has 2 aromatic rings. The molecular weight excluding hydrogens is 277 g/mol. The molecule has 0 bridgehead atoms. The number of hydrogen-bond acceptors (Lipinski definition) is 4. The number of nitrogens with zero attached hydrogens (tertiary/aromatic N) is 1.